The lowest BCUT2D eigenvalue weighted by atomic mass is 10.1. The van der Waals surface area contributed by atoms with Crippen LogP contribution in [0.3, 0.4) is 0 Å². The third-order valence-corrected chi connectivity index (χ3v) is 3.01. The minimum Gasteiger partial charge on any atom is -0.454 e. The van der Waals surface area contributed by atoms with Crippen molar-refractivity contribution in [3.8, 4) is 11.5 Å². The molecule has 19 heavy (non-hydrogen) atoms. The van der Waals surface area contributed by atoms with Crippen LogP contribution in [0.4, 0.5) is 4.39 Å². The Bertz CT molecular complexity index is 564. The highest BCUT2D eigenvalue weighted by atomic mass is 19.1. The smallest absolute Gasteiger partial charge is 0.166 e. The number of aryl methyl sites for hydroxylation is 1. The van der Waals surface area contributed by atoms with Crippen LogP contribution >= 0.6 is 0 Å². The largest absolute Gasteiger partial charge is 0.454 e. The van der Waals surface area contributed by atoms with Gasteiger partial charge in [0.25, 0.3) is 0 Å². The first-order valence-corrected chi connectivity index (χ1v) is 6.35. The summed E-state index contributed by atoms with van der Waals surface area (Å²) in [6, 6.07) is 12.1. The molecule has 0 saturated heterocycles. The van der Waals surface area contributed by atoms with Gasteiger partial charge in [0.15, 0.2) is 11.6 Å². The van der Waals surface area contributed by atoms with Crippen molar-refractivity contribution in [2.75, 3.05) is 0 Å². The summed E-state index contributed by atoms with van der Waals surface area (Å²) >= 11 is 0. The van der Waals surface area contributed by atoms with Crippen LogP contribution < -0.4 is 4.74 Å². The SMILES string of the molecule is CCc1ccccc1Oc1ccc(C(C)O)cc1F. The summed E-state index contributed by atoms with van der Waals surface area (Å²) in [7, 11) is 0. The molecule has 0 bridgehead atoms. The van der Waals surface area contributed by atoms with E-state index in [1.165, 1.54) is 6.07 Å². The monoisotopic (exact) mass is 260 g/mol. The Morgan fingerprint density at radius 2 is 1.89 bits per heavy atom. The van der Waals surface area contributed by atoms with E-state index in [1.807, 2.05) is 31.2 Å². The van der Waals surface area contributed by atoms with Crippen molar-refractivity contribution in [2.45, 2.75) is 26.4 Å². The summed E-state index contributed by atoms with van der Waals surface area (Å²) in [5.41, 5.74) is 1.56. The van der Waals surface area contributed by atoms with Gasteiger partial charge < -0.3 is 9.84 Å². The first kappa shape index (κ1) is 13.6. The zero-order chi connectivity index (χ0) is 13.8. The van der Waals surface area contributed by atoms with Crippen LogP contribution in [0.15, 0.2) is 42.5 Å². The summed E-state index contributed by atoms with van der Waals surface area (Å²) in [5, 5.41) is 9.40. The maximum atomic E-state index is 13.9. The molecule has 1 N–H and O–H groups in total. The number of hydrogen-bond acceptors (Lipinski definition) is 2. The van der Waals surface area contributed by atoms with Crippen molar-refractivity contribution < 1.29 is 14.2 Å². The highest BCUT2D eigenvalue weighted by Crippen LogP contribution is 2.29. The fourth-order valence-electron chi connectivity index (χ4n) is 1.87. The number of benzene rings is 2. The average Bonchev–Trinajstić information content (AvgIpc) is 2.41. The van der Waals surface area contributed by atoms with Gasteiger partial charge in [-0.25, -0.2) is 4.39 Å². The Morgan fingerprint density at radius 3 is 2.53 bits per heavy atom. The lowest BCUT2D eigenvalue weighted by Gasteiger charge is -2.12. The molecule has 0 aliphatic heterocycles. The molecule has 1 atom stereocenters. The normalized spacial score (nSPS) is 12.2. The van der Waals surface area contributed by atoms with E-state index < -0.39 is 11.9 Å². The van der Waals surface area contributed by atoms with Gasteiger partial charge in [0.05, 0.1) is 6.10 Å². The van der Waals surface area contributed by atoms with Gasteiger partial charge in [-0.05, 0) is 42.7 Å². The number of hydrogen-bond donors (Lipinski definition) is 1. The second-order valence-corrected chi connectivity index (χ2v) is 4.43. The highest BCUT2D eigenvalue weighted by molar-refractivity contribution is 5.39. The number of aliphatic hydroxyl groups is 1. The van der Waals surface area contributed by atoms with Crippen LogP contribution in [-0.4, -0.2) is 5.11 Å². The third kappa shape index (κ3) is 3.12. The second-order valence-electron chi connectivity index (χ2n) is 4.43. The molecule has 2 nitrogen and oxygen atoms in total. The lowest BCUT2D eigenvalue weighted by Crippen LogP contribution is -1.96. The van der Waals surface area contributed by atoms with Gasteiger partial charge in [-0.15, -0.1) is 0 Å². The van der Waals surface area contributed by atoms with E-state index in [4.69, 9.17) is 4.74 Å². The standard InChI is InChI=1S/C16H17FO2/c1-3-12-6-4-5-7-15(12)19-16-9-8-13(11(2)18)10-14(16)17/h4-11,18H,3H2,1-2H3. The number of para-hydroxylation sites is 1. The van der Waals surface area contributed by atoms with Gasteiger partial charge in [0, 0.05) is 0 Å². The number of ether oxygens (including phenoxy) is 1. The molecule has 2 aromatic rings. The molecule has 2 rings (SSSR count). The van der Waals surface area contributed by atoms with E-state index >= 15 is 0 Å². The molecule has 0 aromatic heterocycles. The number of rotatable bonds is 4. The molecule has 0 aliphatic rings. The Labute approximate surface area is 112 Å². The molecule has 100 valence electrons. The van der Waals surface area contributed by atoms with Crippen LogP contribution in [0.2, 0.25) is 0 Å². The fourth-order valence-corrected chi connectivity index (χ4v) is 1.87. The number of halogens is 1. The van der Waals surface area contributed by atoms with Crippen molar-refractivity contribution in [3.63, 3.8) is 0 Å². The van der Waals surface area contributed by atoms with Gasteiger partial charge in [-0.3, -0.25) is 0 Å². The Morgan fingerprint density at radius 1 is 1.16 bits per heavy atom. The molecule has 0 radical (unpaired) electrons. The van der Waals surface area contributed by atoms with Gasteiger partial charge in [0.2, 0.25) is 0 Å². The van der Waals surface area contributed by atoms with Crippen LogP contribution in [0.5, 0.6) is 11.5 Å². The quantitative estimate of drug-likeness (QED) is 0.891. The van der Waals surface area contributed by atoms with Crippen molar-refractivity contribution in [1.82, 2.24) is 0 Å². The molecule has 1 unspecified atom stereocenters. The molecular formula is C16H17FO2. The fraction of sp³-hybridized carbons (Fsp3) is 0.250. The first-order chi connectivity index (χ1) is 9.11. The van der Waals surface area contributed by atoms with Crippen molar-refractivity contribution in [2.24, 2.45) is 0 Å². The molecule has 2 aromatic carbocycles. The van der Waals surface area contributed by atoms with E-state index in [0.717, 1.165) is 12.0 Å². The Balaban J connectivity index is 2.28. The van der Waals surface area contributed by atoms with E-state index in [1.54, 1.807) is 19.1 Å². The third-order valence-electron chi connectivity index (χ3n) is 3.01. The van der Waals surface area contributed by atoms with Crippen LogP contribution in [0.25, 0.3) is 0 Å². The van der Waals surface area contributed by atoms with E-state index in [0.29, 0.717) is 11.3 Å². The molecule has 0 spiro atoms. The van der Waals surface area contributed by atoms with Gasteiger partial charge >= 0.3 is 0 Å². The van der Waals surface area contributed by atoms with Crippen molar-refractivity contribution in [3.05, 3.63) is 59.4 Å². The van der Waals surface area contributed by atoms with Crippen LogP contribution in [0.1, 0.15) is 31.1 Å². The van der Waals surface area contributed by atoms with Crippen LogP contribution in [-0.2, 0) is 6.42 Å². The van der Waals surface area contributed by atoms with Crippen molar-refractivity contribution in [1.29, 1.82) is 0 Å². The van der Waals surface area contributed by atoms with Crippen LogP contribution in [0, 0.1) is 5.82 Å². The van der Waals surface area contributed by atoms with E-state index in [9.17, 15) is 9.50 Å². The maximum Gasteiger partial charge on any atom is 0.166 e. The van der Waals surface area contributed by atoms with Crippen molar-refractivity contribution >= 4 is 0 Å². The first-order valence-electron chi connectivity index (χ1n) is 6.35. The van der Waals surface area contributed by atoms with E-state index in [-0.39, 0.29) is 5.75 Å². The van der Waals surface area contributed by atoms with Gasteiger partial charge in [0.1, 0.15) is 5.75 Å². The number of aliphatic hydroxyl groups excluding tert-OH is 1. The molecule has 3 heteroatoms. The summed E-state index contributed by atoms with van der Waals surface area (Å²) in [6.45, 7) is 3.62. The zero-order valence-electron chi connectivity index (χ0n) is 11.1. The summed E-state index contributed by atoms with van der Waals surface area (Å²) in [4.78, 5) is 0. The Hall–Kier alpha value is -1.87. The lowest BCUT2D eigenvalue weighted by molar-refractivity contribution is 0.198. The summed E-state index contributed by atoms with van der Waals surface area (Å²) in [5.74, 6) is 0.364. The van der Waals surface area contributed by atoms with Gasteiger partial charge in [-0.2, -0.15) is 0 Å². The molecule has 0 aliphatic carbocycles. The average molecular weight is 260 g/mol. The minimum atomic E-state index is -0.688. The molecule has 0 heterocycles. The Kier molecular flexibility index (Phi) is 4.17. The molecule has 0 saturated carbocycles. The van der Waals surface area contributed by atoms with Gasteiger partial charge in [-0.1, -0.05) is 31.2 Å². The molecule has 0 amide bonds. The predicted octanol–water partition coefficient (Wildman–Crippen LogP) is 4.23. The minimum absolute atomic E-state index is 0.172. The topological polar surface area (TPSA) is 29.5 Å². The predicted molar refractivity (Wildman–Crippen MR) is 72.9 cm³/mol. The highest BCUT2D eigenvalue weighted by Gasteiger charge is 2.10. The molecule has 0 fully saturated rings. The summed E-state index contributed by atoms with van der Waals surface area (Å²) < 4.78 is 19.5. The van der Waals surface area contributed by atoms with E-state index in [2.05, 4.69) is 0 Å². The molecular weight excluding hydrogens is 243 g/mol. The summed E-state index contributed by atoms with van der Waals surface area (Å²) in [6.07, 6.45) is 0.135. The second kappa shape index (κ2) is 5.85. The maximum absolute atomic E-state index is 13.9. The zero-order valence-corrected chi connectivity index (χ0v) is 11.1.